The van der Waals surface area contributed by atoms with Crippen LogP contribution in [-0.4, -0.2) is 40.4 Å². The molecule has 0 aromatic carbocycles. The summed E-state index contributed by atoms with van der Waals surface area (Å²) in [7, 11) is 1.77. The Labute approximate surface area is 94.4 Å². The van der Waals surface area contributed by atoms with Gasteiger partial charge in [0.1, 0.15) is 0 Å². The third kappa shape index (κ3) is 2.60. The average Bonchev–Trinajstić information content (AvgIpc) is 2.67. The molecule has 80 valence electrons. The third-order valence-corrected chi connectivity index (χ3v) is 4.12. The maximum Gasteiger partial charge on any atom is 0.226 e. The number of carbonyl (C=O) groups is 1. The van der Waals surface area contributed by atoms with Crippen LogP contribution in [0.15, 0.2) is 0 Å². The van der Waals surface area contributed by atoms with E-state index >= 15 is 0 Å². The zero-order chi connectivity index (χ0) is 10.7. The molecule has 2 unspecified atom stereocenters. The quantitative estimate of drug-likeness (QED) is 0.734. The second-order valence-corrected chi connectivity index (χ2v) is 5.21. The lowest BCUT2D eigenvalue weighted by molar-refractivity contribution is -0.134. The molecule has 1 heterocycles. The minimum atomic E-state index is -0.136. The van der Waals surface area contributed by atoms with Crippen molar-refractivity contribution in [2.45, 2.75) is 19.4 Å². The van der Waals surface area contributed by atoms with Crippen molar-refractivity contribution in [3.05, 3.63) is 0 Å². The molecule has 1 rings (SSSR count). The summed E-state index contributed by atoms with van der Waals surface area (Å²) >= 11 is 6.70. The lowest BCUT2D eigenvalue weighted by Gasteiger charge is -2.26. The molecular weight excluding hydrogens is 216 g/mol. The summed E-state index contributed by atoms with van der Waals surface area (Å²) in [5, 5.41) is 0. The van der Waals surface area contributed by atoms with E-state index in [0.717, 1.165) is 17.9 Å². The van der Waals surface area contributed by atoms with Gasteiger partial charge in [-0.05, 0) is 19.1 Å². The highest BCUT2D eigenvalue weighted by Crippen LogP contribution is 2.25. The number of rotatable bonds is 3. The van der Waals surface area contributed by atoms with E-state index in [-0.39, 0.29) is 17.9 Å². The number of thioether (sulfide) groups is 1. The van der Waals surface area contributed by atoms with Gasteiger partial charge in [-0.3, -0.25) is 4.79 Å². The number of likely N-dealkylation sites (N-methyl/N-ethyl adjacent to an activating group) is 1. The number of nitrogens with two attached hydrogens (primary N) is 1. The van der Waals surface area contributed by atoms with Crippen molar-refractivity contribution in [2.75, 3.05) is 18.6 Å². The lowest BCUT2D eigenvalue weighted by Crippen LogP contribution is -2.45. The summed E-state index contributed by atoms with van der Waals surface area (Å²) in [5.41, 5.74) is 5.51. The molecule has 2 N–H and O–H groups in total. The highest BCUT2D eigenvalue weighted by atomic mass is 32.2. The maximum atomic E-state index is 11.9. The van der Waals surface area contributed by atoms with Gasteiger partial charge in [-0.1, -0.05) is 12.2 Å². The topological polar surface area (TPSA) is 46.3 Å². The fourth-order valence-electron chi connectivity index (χ4n) is 1.40. The molecule has 0 radical (unpaired) electrons. The smallest absolute Gasteiger partial charge is 0.226 e. The normalized spacial score (nSPS) is 23.1. The van der Waals surface area contributed by atoms with Gasteiger partial charge in [0.25, 0.3) is 0 Å². The first-order valence-corrected chi connectivity index (χ1v) is 6.24. The van der Waals surface area contributed by atoms with Crippen LogP contribution in [0.4, 0.5) is 0 Å². The van der Waals surface area contributed by atoms with E-state index in [2.05, 4.69) is 0 Å². The molecule has 1 fully saturated rings. The Bertz CT molecular complexity index is 239. The fourth-order valence-corrected chi connectivity index (χ4v) is 2.77. The molecule has 0 aliphatic carbocycles. The standard InChI is InChI=1S/C9H16N2OS2/c1-6(8(10)13)11(2)9(12)7-3-4-14-5-7/h6-7H,3-5H2,1-2H3,(H2,10,13). The Hall–Kier alpha value is -0.290. The van der Waals surface area contributed by atoms with Crippen molar-refractivity contribution in [3.63, 3.8) is 0 Å². The summed E-state index contributed by atoms with van der Waals surface area (Å²) in [5.74, 6) is 2.37. The fraction of sp³-hybridized carbons (Fsp3) is 0.778. The summed E-state index contributed by atoms with van der Waals surface area (Å²) in [6.07, 6.45) is 0.984. The second kappa shape index (κ2) is 4.98. The van der Waals surface area contributed by atoms with E-state index in [1.54, 1.807) is 11.9 Å². The SMILES string of the molecule is CC(C(N)=S)N(C)C(=O)C1CCSC1. The molecule has 0 aromatic rings. The van der Waals surface area contributed by atoms with Gasteiger partial charge in [0.15, 0.2) is 0 Å². The zero-order valence-electron chi connectivity index (χ0n) is 8.53. The summed E-state index contributed by atoms with van der Waals surface area (Å²) < 4.78 is 0. The number of amides is 1. The van der Waals surface area contributed by atoms with Crippen LogP contribution in [0.2, 0.25) is 0 Å². The first kappa shape index (κ1) is 11.8. The highest BCUT2D eigenvalue weighted by molar-refractivity contribution is 7.99. The number of thiocarbonyl (C=S) groups is 1. The molecular formula is C9H16N2OS2. The van der Waals surface area contributed by atoms with Gasteiger partial charge in [-0.15, -0.1) is 0 Å². The van der Waals surface area contributed by atoms with Crippen LogP contribution in [0, 0.1) is 5.92 Å². The van der Waals surface area contributed by atoms with Crippen molar-refractivity contribution in [1.82, 2.24) is 4.90 Å². The van der Waals surface area contributed by atoms with Gasteiger partial charge in [-0.2, -0.15) is 11.8 Å². The molecule has 2 atom stereocenters. The molecule has 14 heavy (non-hydrogen) atoms. The molecule has 0 bridgehead atoms. The number of hydrogen-bond acceptors (Lipinski definition) is 3. The number of hydrogen-bond donors (Lipinski definition) is 1. The Morgan fingerprint density at radius 2 is 2.36 bits per heavy atom. The minimum absolute atomic E-state index is 0.136. The first-order chi connectivity index (χ1) is 6.54. The van der Waals surface area contributed by atoms with E-state index in [0.29, 0.717) is 4.99 Å². The lowest BCUT2D eigenvalue weighted by atomic mass is 10.1. The van der Waals surface area contributed by atoms with Gasteiger partial charge in [-0.25, -0.2) is 0 Å². The predicted molar refractivity (Wildman–Crippen MR) is 64.4 cm³/mol. The number of nitrogens with zero attached hydrogens (tertiary/aromatic N) is 1. The molecule has 3 nitrogen and oxygen atoms in total. The third-order valence-electron chi connectivity index (χ3n) is 2.62. The molecule has 0 saturated carbocycles. The van der Waals surface area contributed by atoms with E-state index in [1.165, 1.54) is 0 Å². The first-order valence-electron chi connectivity index (χ1n) is 4.67. The Morgan fingerprint density at radius 3 is 2.79 bits per heavy atom. The molecule has 0 spiro atoms. The van der Waals surface area contributed by atoms with Crippen molar-refractivity contribution in [3.8, 4) is 0 Å². The molecule has 1 aliphatic rings. The Morgan fingerprint density at radius 1 is 1.71 bits per heavy atom. The van der Waals surface area contributed by atoms with Crippen LogP contribution >= 0.6 is 24.0 Å². The van der Waals surface area contributed by atoms with E-state index in [4.69, 9.17) is 18.0 Å². The maximum absolute atomic E-state index is 11.9. The number of carbonyl (C=O) groups excluding carboxylic acids is 1. The van der Waals surface area contributed by atoms with Gasteiger partial charge >= 0.3 is 0 Å². The van der Waals surface area contributed by atoms with Crippen molar-refractivity contribution < 1.29 is 4.79 Å². The van der Waals surface area contributed by atoms with E-state index in [9.17, 15) is 4.79 Å². The minimum Gasteiger partial charge on any atom is -0.392 e. The molecule has 5 heteroatoms. The van der Waals surface area contributed by atoms with Gasteiger partial charge in [0.05, 0.1) is 11.0 Å². The molecule has 0 aromatic heterocycles. The van der Waals surface area contributed by atoms with Crippen molar-refractivity contribution in [1.29, 1.82) is 0 Å². The Balaban J connectivity index is 2.54. The monoisotopic (exact) mass is 232 g/mol. The van der Waals surface area contributed by atoms with Gasteiger partial charge in [0.2, 0.25) is 5.91 Å². The van der Waals surface area contributed by atoms with E-state index in [1.807, 2.05) is 18.7 Å². The molecule has 1 saturated heterocycles. The highest BCUT2D eigenvalue weighted by Gasteiger charge is 2.28. The van der Waals surface area contributed by atoms with Crippen LogP contribution in [0.25, 0.3) is 0 Å². The van der Waals surface area contributed by atoms with Gasteiger partial charge in [0, 0.05) is 18.7 Å². The van der Waals surface area contributed by atoms with Crippen LogP contribution in [-0.2, 0) is 4.79 Å². The average molecular weight is 232 g/mol. The summed E-state index contributed by atoms with van der Waals surface area (Å²) in [4.78, 5) is 13.9. The van der Waals surface area contributed by atoms with Crippen molar-refractivity contribution >= 4 is 34.9 Å². The van der Waals surface area contributed by atoms with Crippen LogP contribution < -0.4 is 5.73 Å². The largest absolute Gasteiger partial charge is 0.392 e. The molecule has 1 aliphatic heterocycles. The van der Waals surface area contributed by atoms with Crippen molar-refractivity contribution in [2.24, 2.45) is 11.7 Å². The predicted octanol–water partition coefficient (Wildman–Crippen LogP) is 0.873. The Kier molecular flexibility index (Phi) is 4.19. The second-order valence-electron chi connectivity index (χ2n) is 3.59. The van der Waals surface area contributed by atoms with Gasteiger partial charge < -0.3 is 10.6 Å². The molecule has 1 amide bonds. The zero-order valence-corrected chi connectivity index (χ0v) is 10.2. The van der Waals surface area contributed by atoms with Crippen LogP contribution in [0.5, 0.6) is 0 Å². The van der Waals surface area contributed by atoms with E-state index < -0.39 is 0 Å². The summed E-state index contributed by atoms with van der Waals surface area (Å²) in [6.45, 7) is 1.86. The summed E-state index contributed by atoms with van der Waals surface area (Å²) in [6, 6.07) is -0.136. The van der Waals surface area contributed by atoms with Crippen LogP contribution in [0.1, 0.15) is 13.3 Å². The van der Waals surface area contributed by atoms with Crippen LogP contribution in [0.3, 0.4) is 0 Å².